The predicted molar refractivity (Wildman–Crippen MR) is 77.9 cm³/mol. The first kappa shape index (κ1) is 15.3. The zero-order chi connectivity index (χ0) is 15.1. The molecular weight excluding hydrogens is 272 g/mol. The summed E-state index contributed by atoms with van der Waals surface area (Å²) >= 11 is 0. The van der Waals surface area contributed by atoms with Crippen LogP contribution in [0.3, 0.4) is 0 Å². The summed E-state index contributed by atoms with van der Waals surface area (Å²) in [5.74, 6) is 0.428. The summed E-state index contributed by atoms with van der Waals surface area (Å²) in [6, 6.07) is 7.26. The standard InChI is InChI=1S/C15H20N2O4/c1-11(17-19)12-3-2-4-14(9-12)21-10-15(18)16-13-5-7-20-8-6-13/h2-4,9,13,19H,5-8,10H2,1H3,(H,16,18). The molecule has 6 heteroatoms. The van der Waals surface area contributed by atoms with Crippen molar-refractivity contribution >= 4 is 11.6 Å². The fourth-order valence-electron chi connectivity index (χ4n) is 2.13. The van der Waals surface area contributed by atoms with Crippen molar-refractivity contribution < 1.29 is 19.5 Å². The monoisotopic (exact) mass is 292 g/mol. The summed E-state index contributed by atoms with van der Waals surface area (Å²) in [5, 5.41) is 14.8. The lowest BCUT2D eigenvalue weighted by Gasteiger charge is -2.23. The first-order valence-corrected chi connectivity index (χ1v) is 6.98. The van der Waals surface area contributed by atoms with Crippen LogP contribution >= 0.6 is 0 Å². The molecule has 1 aromatic carbocycles. The van der Waals surface area contributed by atoms with Crippen molar-refractivity contribution in [3.8, 4) is 5.75 Å². The highest BCUT2D eigenvalue weighted by molar-refractivity contribution is 5.98. The van der Waals surface area contributed by atoms with E-state index in [0.717, 1.165) is 18.4 Å². The Morgan fingerprint density at radius 3 is 2.95 bits per heavy atom. The average molecular weight is 292 g/mol. The molecule has 0 aromatic heterocycles. The molecule has 0 bridgehead atoms. The van der Waals surface area contributed by atoms with Crippen LogP contribution in [0.1, 0.15) is 25.3 Å². The molecule has 0 unspecified atom stereocenters. The summed E-state index contributed by atoms with van der Waals surface area (Å²) in [6.07, 6.45) is 1.68. The molecule has 2 rings (SSSR count). The third-order valence-corrected chi connectivity index (χ3v) is 3.36. The minimum absolute atomic E-state index is 0.0316. The second-order valence-corrected chi connectivity index (χ2v) is 4.96. The van der Waals surface area contributed by atoms with Gasteiger partial charge < -0.3 is 20.0 Å². The predicted octanol–water partition coefficient (Wildman–Crippen LogP) is 1.56. The third-order valence-electron chi connectivity index (χ3n) is 3.36. The molecule has 21 heavy (non-hydrogen) atoms. The van der Waals surface area contributed by atoms with E-state index in [1.54, 1.807) is 25.1 Å². The van der Waals surface area contributed by atoms with Crippen LogP contribution in [-0.4, -0.2) is 42.7 Å². The Labute approximate surface area is 123 Å². The van der Waals surface area contributed by atoms with Crippen LogP contribution in [0.2, 0.25) is 0 Å². The van der Waals surface area contributed by atoms with E-state index in [0.29, 0.717) is 24.7 Å². The van der Waals surface area contributed by atoms with Gasteiger partial charge in [-0.25, -0.2) is 0 Å². The number of carbonyl (C=O) groups excluding carboxylic acids is 1. The number of nitrogens with zero attached hydrogens (tertiary/aromatic N) is 1. The van der Waals surface area contributed by atoms with Crippen molar-refractivity contribution in [1.82, 2.24) is 5.32 Å². The van der Waals surface area contributed by atoms with E-state index in [-0.39, 0.29) is 18.6 Å². The second-order valence-electron chi connectivity index (χ2n) is 4.96. The highest BCUT2D eigenvalue weighted by Crippen LogP contribution is 2.14. The average Bonchev–Trinajstić information content (AvgIpc) is 2.53. The molecule has 0 radical (unpaired) electrons. The largest absolute Gasteiger partial charge is 0.484 e. The zero-order valence-corrected chi connectivity index (χ0v) is 12.0. The lowest BCUT2D eigenvalue weighted by molar-refractivity contribution is -0.124. The van der Waals surface area contributed by atoms with E-state index >= 15 is 0 Å². The Kier molecular flexibility index (Phi) is 5.57. The molecule has 6 nitrogen and oxygen atoms in total. The van der Waals surface area contributed by atoms with E-state index < -0.39 is 0 Å². The molecule has 2 N–H and O–H groups in total. The van der Waals surface area contributed by atoms with Gasteiger partial charge in [-0.2, -0.15) is 0 Å². The van der Waals surface area contributed by atoms with Gasteiger partial charge in [0, 0.05) is 24.8 Å². The van der Waals surface area contributed by atoms with Crippen molar-refractivity contribution in [1.29, 1.82) is 0 Å². The van der Waals surface area contributed by atoms with Gasteiger partial charge in [0.05, 0.1) is 5.71 Å². The summed E-state index contributed by atoms with van der Waals surface area (Å²) in [5.41, 5.74) is 1.24. The molecule has 1 saturated heterocycles. The van der Waals surface area contributed by atoms with Crippen LogP contribution in [0.5, 0.6) is 5.75 Å². The maximum atomic E-state index is 11.8. The molecule has 0 spiro atoms. The zero-order valence-electron chi connectivity index (χ0n) is 12.0. The van der Waals surface area contributed by atoms with Gasteiger partial charge in [-0.15, -0.1) is 0 Å². The molecule has 1 aliphatic rings. The van der Waals surface area contributed by atoms with E-state index in [1.807, 2.05) is 6.07 Å². The van der Waals surface area contributed by atoms with Crippen molar-refractivity contribution in [2.75, 3.05) is 19.8 Å². The third kappa shape index (κ3) is 4.75. The van der Waals surface area contributed by atoms with Gasteiger partial charge in [0.1, 0.15) is 5.75 Å². The first-order chi connectivity index (χ1) is 10.2. The minimum atomic E-state index is -0.139. The van der Waals surface area contributed by atoms with Crippen molar-refractivity contribution in [3.05, 3.63) is 29.8 Å². The summed E-state index contributed by atoms with van der Waals surface area (Å²) in [4.78, 5) is 11.8. The number of hydrogen-bond donors (Lipinski definition) is 2. The number of hydrogen-bond acceptors (Lipinski definition) is 5. The smallest absolute Gasteiger partial charge is 0.258 e. The Bertz CT molecular complexity index is 510. The van der Waals surface area contributed by atoms with Crippen molar-refractivity contribution in [3.63, 3.8) is 0 Å². The summed E-state index contributed by atoms with van der Waals surface area (Å²) in [7, 11) is 0. The Balaban J connectivity index is 1.83. The van der Waals surface area contributed by atoms with Crippen LogP contribution < -0.4 is 10.1 Å². The quantitative estimate of drug-likeness (QED) is 0.490. The van der Waals surface area contributed by atoms with Crippen LogP contribution in [0, 0.1) is 0 Å². The topological polar surface area (TPSA) is 80.2 Å². The fraction of sp³-hybridized carbons (Fsp3) is 0.467. The Morgan fingerprint density at radius 2 is 2.24 bits per heavy atom. The van der Waals surface area contributed by atoms with E-state index in [9.17, 15) is 4.79 Å². The van der Waals surface area contributed by atoms with Gasteiger partial charge in [0.25, 0.3) is 5.91 Å². The number of nitrogens with one attached hydrogen (secondary N) is 1. The van der Waals surface area contributed by atoms with Crippen LogP contribution in [0.25, 0.3) is 0 Å². The van der Waals surface area contributed by atoms with Gasteiger partial charge in [-0.1, -0.05) is 17.3 Å². The lowest BCUT2D eigenvalue weighted by atomic mass is 10.1. The molecule has 0 atom stereocenters. The maximum Gasteiger partial charge on any atom is 0.258 e. The minimum Gasteiger partial charge on any atom is -0.484 e. The van der Waals surface area contributed by atoms with Crippen LogP contribution in [0.15, 0.2) is 29.4 Å². The lowest BCUT2D eigenvalue weighted by Crippen LogP contribution is -2.41. The molecular formula is C15H20N2O4. The summed E-state index contributed by atoms with van der Waals surface area (Å²) in [6.45, 7) is 3.04. The van der Waals surface area contributed by atoms with Crippen LogP contribution in [0.4, 0.5) is 0 Å². The number of rotatable bonds is 5. The molecule has 114 valence electrons. The van der Waals surface area contributed by atoms with Gasteiger partial charge in [-0.3, -0.25) is 4.79 Å². The fourth-order valence-corrected chi connectivity index (χ4v) is 2.13. The number of carbonyl (C=O) groups is 1. The van der Waals surface area contributed by atoms with Gasteiger partial charge in [0.15, 0.2) is 6.61 Å². The van der Waals surface area contributed by atoms with E-state index in [4.69, 9.17) is 14.7 Å². The van der Waals surface area contributed by atoms with Gasteiger partial charge >= 0.3 is 0 Å². The van der Waals surface area contributed by atoms with Crippen molar-refractivity contribution in [2.45, 2.75) is 25.8 Å². The molecule has 1 aliphatic heterocycles. The molecule has 0 saturated carbocycles. The number of oxime groups is 1. The number of amides is 1. The molecule has 1 fully saturated rings. The molecule has 1 amide bonds. The van der Waals surface area contributed by atoms with E-state index in [2.05, 4.69) is 10.5 Å². The number of ether oxygens (including phenoxy) is 2. The van der Waals surface area contributed by atoms with Gasteiger partial charge in [0.2, 0.25) is 0 Å². The molecule has 0 aliphatic carbocycles. The summed E-state index contributed by atoms with van der Waals surface area (Å²) < 4.78 is 10.7. The highest BCUT2D eigenvalue weighted by Gasteiger charge is 2.16. The van der Waals surface area contributed by atoms with Crippen molar-refractivity contribution in [2.24, 2.45) is 5.16 Å². The Morgan fingerprint density at radius 1 is 1.48 bits per heavy atom. The van der Waals surface area contributed by atoms with Crippen LogP contribution in [-0.2, 0) is 9.53 Å². The molecule has 1 heterocycles. The first-order valence-electron chi connectivity index (χ1n) is 6.98. The highest BCUT2D eigenvalue weighted by atomic mass is 16.5. The van der Waals surface area contributed by atoms with E-state index in [1.165, 1.54) is 0 Å². The SMILES string of the molecule is CC(=NO)c1cccc(OCC(=O)NC2CCOCC2)c1. The number of benzene rings is 1. The molecule has 1 aromatic rings. The maximum absolute atomic E-state index is 11.8. The van der Waals surface area contributed by atoms with Gasteiger partial charge in [-0.05, 0) is 31.9 Å². The Hall–Kier alpha value is -2.08. The normalized spacial score (nSPS) is 16.5. The second kappa shape index (κ2) is 7.64.